The Morgan fingerprint density at radius 3 is 2.04 bits per heavy atom. The molecule has 2 aromatic rings. The standard InChI is InChI=1S/C21H30N2O4S/c1-16-13-18(14-17(2)21(16)26-6)15-23(5)11-12-27-19-7-9-20(10-8-19)28(24,25)22(3)4/h7-10,13-14H,11-12,15H2,1-6H3. The summed E-state index contributed by atoms with van der Waals surface area (Å²) in [4.78, 5) is 2.44. The summed E-state index contributed by atoms with van der Waals surface area (Å²) in [6.07, 6.45) is 0. The van der Waals surface area contributed by atoms with Gasteiger partial charge >= 0.3 is 0 Å². The van der Waals surface area contributed by atoms with Crippen molar-refractivity contribution in [3.63, 3.8) is 0 Å². The molecule has 0 amide bonds. The summed E-state index contributed by atoms with van der Waals surface area (Å²) in [5.41, 5.74) is 3.50. The van der Waals surface area contributed by atoms with E-state index in [1.165, 1.54) is 24.0 Å². The molecule has 0 radical (unpaired) electrons. The van der Waals surface area contributed by atoms with Gasteiger partial charge in [0.25, 0.3) is 0 Å². The third kappa shape index (κ3) is 5.47. The van der Waals surface area contributed by atoms with Crippen LogP contribution in [0.1, 0.15) is 16.7 Å². The van der Waals surface area contributed by atoms with Crippen LogP contribution in [0.5, 0.6) is 11.5 Å². The number of likely N-dealkylation sites (N-methyl/N-ethyl adjacent to an activating group) is 1. The van der Waals surface area contributed by atoms with Crippen LogP contribution in [0.4, 0.5) is 0 Å². The van der Waals surface area contributed by atoms with Gasteiger partial charge in [0.2, 0.25) is 10.0 Å². The Morgan fingerprint density at radius 2 is 1.54 bits per heavy atom. The van der Waals surface area contributed by atoms with E-state index in [-0.39, 0.29) is 4.90 Å². The molecule has 28 heavy (non-hydrogen) atoms. The van der Waals surface area contributed by atoms with Gasteiger partial charge in [0.1, 0.15) is 18.1 Å². The van der Waals surface area contributed by atoms with Crippen molar-refractivity contribution in [1.82, 2.24) is 9.21 Å². The molecule has 0 saturated carbocycles. The van der Waals surface area contributed by atoms with Crippen molar-refractivity contribution in [2.45, 2.75) is 25.3 Å². The topological polar surface area (TPSA) is 59.1 Å². The van der Waals surface area contributed by atoms with Crippen LogP contribution >= 0.6 is 0 Å². The van der Waals surface area contributed by atoms with E-state index in [1.54, 1.807) is 31.4 Å². The highest BCUT2D eigenvalue weighted by Crippen LogP contribution is 2.25. The van der Waals surface area contributed by atoms with E-state index in [4.69, 9.17) is 9.47 Å². The van der Waals surface area contributed by atoms with Crippen LogP contribution < -0.4 is 9.47 Å². The minimum Gasteiger partial charge on any atom is -0.496 e. The second kappa shape index (κ2) is 9.41. The highest BCUT2D eigenvalue weighted by molar-refractivity contribution is 7.89. The maximum Gasteiger partial charge on any atom is 0.242 e. The predicted octanol–water partition coefficient (Wildman–Crippen LogP) is 3.07. The molecule has 154 valence electrons. The lowest BCUT2D eigenvalue weighted by Crippen LogP contribution is -2.24. The monoisotopic (exact) mass is 406 g/mol. The number of hydrogen-bond acceptors (Lipinski definition) is 5. The highest BCUT2D eigenvalue weighted by Gasteiger charge is 2.16. The molecule has 2 rings (SSSR count). The molecule has 0 saturated heterocycles. The van der Waals surface area contributed by atoms with Crippen LogP contribution in [-0.2, 0) is 16.6 Å². The second-order valence-electron chi connectivity index (χ2n) is 7.11. The number of rotatable bonds is 9. The summed E-state index contributed by atoms with van der Waals surface area (Å²) >= 11 is 0. The molecule has 0 fully saturated rings. The van der Waals surface area contributed by atoms with Crippen molar-refractivity contribution in [3.8, 4) is 11.5 Å². The Labute approximate surface area is 168 Å². The molecule has 0 aliphatic heterocycles. The molecule has 0 aliphatic rings. The quantitative estimate of drug-likeness (QED) is 0.641. The van der Waals surface area contributed by atoms with E-state index in [0.717, 1.165) is 30.0 Å². The lowest BCUT2D eigenvalue weighted by atomic mass is 10.1. The molecule has 2 aromatic carbocycles. The van der Waals surface area contributed by atoms with Gasteiger partial charge in [-0.05, 0) is 61.9 Å². The van der Waals surface area contributed by atoms with Gasteiger partial charge in [0, 0.05) is 27.2 Å². The fourth-order valence-corrected chi connectivity index (χ4v) is 3.98. The van der Waals surface area contributed by atoms with Gasteiger partial charge in [-0.2, -0.15) is 0 Å². The molecule has 0 atom stereocenters. The Bertz CT molecular complexity index is 870. The molecule has 0 bridgehead atoms. The Kier molecular flexibility index (Phi) is 7.46. The van der Waals surface area contributed by atoms with Crippen molar-refractivity contribution in [1.29, 1.82) is 0 Å². The predicted molar refractivity (Wildman–Crippen MR) is 112 cm³/mol. The highest BCUT2D eigenvalue weighted by atomic mass is 32.2. The molecule has 6 nitrogen and oxygen atoms in total. The SMILES string of the molecule is COc1c(C)cc(CN(C)CCOc2ccc(S(=O)(=O)N(C)C)cc2)cc1C. The molecular weight excluding hydrogens is 376 g/mol. The zero-order valence-corrected chi connectivity index (χ0v) is 18.3. The molecular formula is C21H30N2O4S. The maximum atomic E-state index is 12.1. The molecule has 7 heteroatoms. The number of aryl methyl sites for hydroxylation is 2. The van der Waals surface area contributed by atoms with Crippen molar-refractivity contribution in [2.75, 3.05) is 41.4 Å². The van der Waals surface area contributed by atoms with Crippen molar-refractivity contribution >= 4 is 10.0 Å². The largest absolute Gasteiger partial charge is 0.496 e. The minimum atomic E-state index is -3.41. The number of ether oxygens (including phenoxy) is 2. The van der Waals surface area contributed by atoms with Crippen LogP contribution in [0.15, 0.2) is 41.3 Å². The number of hydrogen-bond donors (Lipinski definition) is 0. The molecule has 0 aliphatic carbocycles. The second-order valence-corrected chi connectivity index (χ2v) is 9.26. The Hall–Kier alpha value is -2.09. The smallest absolute Gasteiger partial charge is 0.242 e. The van der Waals surface area contributed by atoms with Gasteiger partial charge in [0.15, 0.2) is 0 Å². The lowest BCUT2D eigenvalue weighted by Gasteiger charge is -2.19. The van der Waals surface area contributed by atoms with Crippen molar-refractivity contribution in [2.24, 2.45) is 0 Å². The summed E-state index contributed by atoms with van der Waals surface area (Å²) < 4.78 is 36.5. The van der Waals surface area contributed by atoms with E-state index in [1.807, 2.05) is 7.05 Å². The van der Waals surface area contributed by atoms with Crippen LogP contribution in [0.25, 0.3) is 0 Å². The fraction of sp³-hybridized carbons (Fsp3) is 0.429. The normalized spacial score (nSPS) is 11.9. The van der Waals surface area contributed by atoms with Gasteiger partial charge < -0.3 is 9.47 Å². The summed E-state index contributed by atoms with van der Waals surface area (Å²) in [7, 11) is 3.36. The average Bonchev–Trinajstić information content (AvgIpc) is 2.61. The number of benzene rings is 2. The molecule has 0 aromatic heterocycles. The van der Waals surface area contributed by atoms with E-state index < -0.39 is 10.0 Å². The summed E-state index contributed by atoms with van der Waals surface area (Å²) in [6.45, 7) is 6.19. The summed E-state index contributed by atoms with van der Waals surface area (Å²) in [5, 5.41) is 0. The molecule has 0 N–H and O–H groups in total. The van der Waals surface area contributed by atoms with Crippen LogP contribution in [0, 0.1) is 13.8 Å². The van der Waals surface area contributed by atoms with Crippen LogP contribution in [-0.4, -0.2) is 59.0 Å². The molecule has 0 heterocycles. The van der Waals surface area contributed by atoms with Gasteiger partial charge in [-0.15, -0.1) is 0 Å². The van der Waals surface area contributed by atoms with E-state index in [0.29, 0.717) is 12.4 Å². The third-order valence-electron chi connectivity index (χ3n) is 4.52. The Balaban J connectivity index is 1.88. The lowest BCUT2D eigenvalue weighted by molar-refractivity contribution is 0.232. The first-order chi connectivity index (χ1) is 13.1. The van der Waals surface area contributed by atoms with Crippen LogP contribution in [0.2, 0.25) is 0 Å². The van der Waals surface area contributed by atoms with Gasteiger partial charge in [-0.25, -0.2) is 12.7 Å². The average molecular weight is 407 g/mol. The zero-order valence-electron chi connectivity index (χ0n) is 17.5. The van der Waals surface area contributed by atoms with Crippen LogP contribution in [0.3, 0.4) is 0 Å². The zero-order chi connectivity index (χ0) is 20.9. The summed E-state index contributed by atoms with van der Waals surface area (Å²) in [6, 6.07) is 10.8. The first-order valence-electron chi connectivity index (χ1n) is 9.13. The molecule has 0 unspecified atom stereocenters. The number of nitrogens with zero attached hydrogens (tertiary/aromatic N) is 2. The minimum absolute atomic E-state index is 0.257. The fourth-order valence-electron chi connectivity index (χ4n) is 3.08. The van der Waals surface area contributed by atoms with Gasteiger partial charge in [0.05, 0.1) is 12.0 Å². The Morgan fingerprint density at radius 1 is 0.964 bits per heavy atom. The summed E-state index contributed by atoms with van der Waals surface area (Å²) in [5.74, 6) is 1.59. The van der Waals surface area contributed by atoms with Crippen molar-refractivity contribution in [3.05, 3.63) is 53.1 Å². The number of methoxy groups -OCH3 is 1. The van der Waals surface area contributed by atoms with Gasteiger partial charge in [-0.1, -0.05) is 12.1 Å². The third-order valence-corrected chi connectivity index (χ3v) is 6.35. The molecule has 0 spiro atoms. The van der Waals surface area contributed by atoms with Gasteiger partial charge in [-0.3, -0.25) is 4.90 Å². The number of sulfonamides is 1. The van der Waals surface area contributed by atoms with E-state index >= 15 is 0 Å². The van der Waals surface area contributed by atoms with Crippen molar-refractivity contribution < 1.29 is 17.9 Å². The first kappa shape index (κ1) is 22.2. The van der Waals surface area contributed by atoms with E-state index in [9.17, 15) is 8.42 Å². The van der Waals surface area contributed by atoms with E-state index in [2.05, 4.69) is 30.9 Å². The first-order valence-corrected chi connectivity index (χ1v) is 10.6. The maximum absolute atomic E-state index is 12.1.